The van der Waals surface area contributed by atoms with Crippen LogP contribution in [0.1, 0.15) is 5.56 Å². The Bertz CT molecular complexity index is 837. The highest BCUT2D eigenvalue weighted by atomic mass is 16.5. The van der Waals surface area contributed by atoms with Gasteiger partial charge in [-0.05, 0) is 42.5 Å². The predicted molar refractivity (Wildman–Crippen MR) is 83.2 cm³/mol. The van der Waals surface area contributed by atoms with Gasteiger partial charge in [0.25, 0.3) is 0 Å². The van der Waals surface area contributed by atoms with Gasteiger partial charge in [-0.3, -0.25) is 10.5 Å². The number of H-pyrrole nitrogens is 1. The number of aromatic amines is 1. The summed E-state index contributed by atoms with van der Waals surface area (Å²) in [4.78, 5) is 0. The van der Waals surface area contributed by atoms with Crippen LogP contribution in [0.2, 0.25) is 0 Å². The van der Waals surface area contributed by atoms with Crippen LogP contribution in [-0.4, -0.2) is 23.1 Å². The number of ether oxygens (including phenoxy) is 1. The molecular weight excluding hydrogens is 280 g/mol. The smallest absolute Gasteiger partial charge is 0.147 e. The van der Waals surface area contributed by atoms with Gasteiger partial charge in [0.05, 0.1) is 18.3 Å². The van der Waals surface area contributed by atoms with Crippen molar-refractivity contribution < 1.29 is 4.74 Å². The number of rotatable bonds is 4. The highest BCUT2D eigenvalue weighted by Gasteiger charge is 2.10. The molecule has 3 rings (SSSR count). The molecule has 2 aromatic carbocycles. The number of benzene rings is 2. The van der Waals surface area contributed by atoms with Crippen LogP contribution in [0, 0.1) is 10.9 Å². The number of fused-ring (bicyclic) bond motifs is 1. The lowest BCUT2D eigenvalue weighted by Crippen LogP contribution is -2.16. The third kappa shape index (κ3) is 2.39. The Balaban J connectivity index is 2.07. The lowest BCUT2D eigenvalue weighted by Gasteiger charge is -2.04. The van der Waals surface area contributed by atoms with Gasteiger partial charge in [0.2, 0.25) is 0 Å². The van der Waals surface area contributed by atoms with Crippen LogP contribution in [0.25, 0.3) is 22.2 Å². The Hall–Kier alpha value is -3.22. The first kappa shape index (κ1) is 13.7. The van der Waals surface area contributed by atoms with E-state index in [4.69, 9.17) is 15.7 Å². The lowest BCUT2D eigenvalue weighted by atomic mass is 10.1. The third-order valence-corrected chi connectivity index (χ3v) is 3.38. The van der Waals surface area contributed by atoms with Crippen LogP contribution in [0.5, 0.6) is 5.75 Å². The summed E-state index contributed by atoms with van der Waals surface area (Å²) in [6.45, 7) is 0. The van der Waals surface area contributed by atoms with Crippen LogP contribution in [0.4, 0.5) is 0 Å². The molecule has 110 valence electrons. The van der Waals surface area contributed by atoms with Gasteiger partial charge in [-0.2, -0.15) is 10.6 Å². The van der Waals surface area contributed by atoms with Crippen LogP contribution >= 0.6 is 0 Å². The molecule has 4 N–H and O–H groups in total. The quantitative estimate of drug-likeness (QED) is 0.257. The van der Waals surface area contributed by atoms with Crippen molar-refractivity contribution in [3.63, 3.8) is 0 Å². The van der Waals surface area contributed by atoms with E-state index in [1.165, 1.54) is 0 Å². The molecule has 0 saturated carbocycles. The molecule has 0 amide bonds. The van der Waals surface area contributed by atoms with Crippen molar-refractivity contribution in [3.05, 3.63) is 48.0 Å². The topological polar surface area (TPSA) is 110 Å². The molecule has 0 fully saturated rings. The molecule has 0 aliphatic carbocycles. The van der Waals surface area contributed by atoms with Crippen molar-refractivity contribution >= 4 is 16.7 Å². The van der Waals surface area contributed by atoms with Gasteiger partial charge in [0.15, 0.2) is 0 Å². The zero-order chi connectivity index (χ0) is 15.5. The fourth-order valence-corrected chi connectivity index (χ4v) is 2.26. The minimum atomic E-state index is 0.0683. The first-order valence-electron chi connectivity index (χ1n) is 6.57. The van der Waals surface area contributed by atoms with E-state index in [2.05, 4.69) is 20.8 Å². The highest BCUT2D eigenvalue weighted by molar-refractivity contribution is 6.02. The molecule has 22 heavy (non-hydrogen) atoms. The molecule has 0 saturated heterocycles. The van der Waals surface area contributed by atoms with E-state index < -0.39 is 0 Å². The summed E-state index contributed by atoms with van der Waals surface area (Å²) >= 11 is 0. The van der Waals surface area contributed by atoms with Gasteiger partial charge >= 0.3 is 0 Å². The third-order valence-electron chi connectivity index (χ3n) is 3.38. The Labute approximate surface area is 126 Å². The molecule has 7 heteroatoms. The van der Waals surface area contributed by atoms with E-state index in [1.807, 2.05) is 36.4 Å². The summed E-state index contributed by atoms with van der Waals surface area (Å²) in [5.41, 5.74) is 12.4. The van der Waals surface area contributed by atoms with E-state index >= 15 is 0 Å². The van der Waals surface area contributed by atoms with Gasteiger partial charge in [0.1, 0.15) is 11.6 Å². The van der Waals surface area contributed by atoms with Gasteiger partial charge in [-0.25, -0.2) is 5.43 Å². The van der Waals surface area contributed by atoms with Crippen molar-refractivity contribution in [3.8, 4) is 17.0 Å². The van der Waals surface area contributed by atoms with Gasteiger partial charge in [0, 0.05) is 16.5 Å². The maximum atomic E-state index is 7.81. The summed E-state index contributed by atoms with van der Waals surface area (Å²) in [6, 6.07) is 13.1. The van der Waals surface area contributed by atoms with E-state index in [0.29, 0.717) is 5.56 Å². The number of nitrogens with zero attached hydrogens (tertiary/aromatic N) is 2. The van der Waals surface area contributed by atoms with Gasteiger partial charge < -0.3 is 4.74 Å². The number of aromatic nitrogens is 2. The van der Waals surface area contributed by atoms with Gasteiger partial charge in [-0.1, -0.05) is 5.22 Å². The predicted octanol–water partition coefficient (Wildman–Crippen LogP) is 3.10. The number of amidine groups is 1. The highest BCUT2D eigenvalue weighted by Crippen LogP contribution is 2.28. The largest absolute Gasteiger partial charge is 0.497 e. The molecule has 3 aromatic rings. The first-order chi connectivity index (χ1) is 10.7. The van der Waals surface area contributed by atoms with Crippen LogP contribution in [0.15, 0.2) is 47.7 Å². The fraction of sp³-hybridized carbons (Fsp3) is 0.0667. The van der Waals surface area contributed by atoms with Crippen LogP contribution in [0.3, 0.4) is 0 Å². The maximum absolute atomic E-state index is 7.81. The SMILES string of the molecule is COc1ccc(-c2n[nH]c3ccc(C(=N)NN=N)cc23)cc1. The maximum Gasteiger partial charge on any atom is 0.147 e. The minimum Gasteiger partial charge on any atom is -0.497 e. The number of nitrogens with one attached hydrogen (secondary N) is 4. The summed E-state index contributed by atoms with van der Waals surface area (Å²) < 4.78 is 5.16. The van der Waals surface area contributed by atoms with E-state index in [-0.39, 0.29) is 5.84 Å². The molecule has 0 bridgehead atoms. The standard InChI is InChI=1S/C15H14N6O/c1-22-11-5-2-9(3-6-11)14-12-8-10(15(16)20-21-17)4-7-13(12)18-19-14/h2-8H,1H3,(H,18,19)(H3,16,17,20). The molecular formula is C15H14N6O. The van der Waals surface area contributed by atoms with E-state index in [9.17, 15) is 0 Å². The summed E-state index contributed by atoms with van der Waals surface area (Å²) in [7, 11) is 1.63. The molecule has 1 heterocycles. The Morgan fingerprint density at radius 2 is 2.00 bits per heavy atom. The average Bonchev–Trinajstić information content (AvgIpc) is 2.98. The van der Waals surface area contributed by atoms with Crippen LogP contribution < -0.4 is 10.2 Å². The fourth-order valence-electron chi connectivity index (χ4n) is 2.26. The number of methoxy groups -OCH3 is 1. The lowest BCUT2D eigenvalue weighted by molar-refractivity contribution is 0.415. The molecule has 0 aliphatic rings. The number of hydrogen-bond donors (Lipinski definition) is 4. The summed E-state index contributed by atoms with van der Waals surface area (Å²) in [5, 5.41) is 19.1. The molecule has 0 aliphatic heterocycles. The van der Waals surface area contributed by atoms with Gasteiger partial charge in [-0.15, -0.1) is 0 Å². The van der Waals surface area contributed by atoms with Crippen molar-refractivity contribution in [2.45, 2.75) is 0 Å². The second-order valence-electron chi connectivity index (χ2n) is 4.66. The summed E-state index contributed by atoms with van der Waals surface area (Å²) in [6.07, 6.45) is 0. The molecule has 0 unspecified atom stereocenters. The molecule has 7 nitrogen and oxygen atoms in total. The monoisotopic (exact) mass is 294 g/mol. The normalized spacial score (nSPS) is 10.4. The van der Waals surface area contributed by atoms with E-state index in [0.717, 1.165) is 27.9 Å². The Kier molecular flexibility index (Phi) is 3.53. The summed E-state index contributed by atoms with van der Waals surface area (Å²) in [5.74, 6) is 0.853. The molecule has 1 aromatic heterocycles. The van der Waals surface area contributed by atoms with Crippen LogP contribution in [-0.2, 0) is 0 Å². The molecule has 0 spiro atoms. The van der Waals surface area contributed by atoms with E-state index in [1.54, 1.807) is 13.2 Å². The Morgan fingerprint density at radius 3 is 2.68 bits per heavy atom. The zero-order valence-electron chi connectivity index (χ0n) is 11.8. The second kappa shape index (κ2) is 5.65. The first-order valence-corrected chi connectivity index (χ1v) is 6.57. The average molecular weight is 294 g/mol. The Morgan fingerprint density at radius 1 is 1.23 bits per heavy atom. The second-order valence-corrected chi connectivity index (χ2v) is 4.66. The molecule has 0 radical (unpaired) electrons. The number of hydrogen-bond acceptors (Lipinski definition) is 5. The van der Waals surface area contributed by atoms with Crippen molar-refractivity contribution in [2.75, 3.05) is 7.11 Å². The zero-order valence-corrected chi connectivity index (χ0v) is 11.8. The van der Waals surface area contributed by atoms with Crippen molar-refractivity contribution in [2.24, 2.45) is 5.22 Å². The minimum absolute atomic E-state index is 0.0683. The van der Waals surface area contributed by atoms with Crippen molar-refractivity contribution in [1.29, 1.82) is 10.9 Å². The van der Waals surface area contributed by atoms with Crippen molar-refractivity contribution in [1.82, 2.24) is 15.6 Å². The molecule has 0 atom stereocenters.